The average molecular weight is 250 g/mol. The molecule has 0 aromatic carbocycles. The monoisotopic (exact) mass is 250 g/mol. The van der Waals surface area contributed by atoms with Crippen molar-refractivity contribution in [3.8, 4) is 0 Å². The first kappa shape index (κ1) is 14.0. The van der Waals surface area contributed by atoms with Crippen LogP contribution >= 0.6 is 0 Å². The molecule has 0 aromatic heterocycles. The lowest BCUT2D eigenvalue weighted by molar-refractivity contribution is 0.124. The highest BCUT2D eigenvalue weighted by atomic mass is 15.2. The van der Waals surface area contributed by atoms with Crippen molar-refractivity contribution < 1.29 is 0 Å². The Morgan fingerprint density at radius 1 is 0.833 bits per heavy atom. The van der Waals surface area contributed by atoms with Crippen LogP contribution in [-0.4, -0.2) is 11.6 Å². The highest BCUT2D eigenvalue weighted by Gasteiger charge is 2.43. The number of hydrogen-bond donors (Lipinski definition) is 0. The Hall–Kier alpha value is -0.400. The van der Waals surface area contributed by atoms with E-state index in [-0.39, 0.29) is 11.0 Å². The Balaban J connectivity index is 2.06. The molecule has 0 unspecified atom stereocenters. The minimum Gasteiger partial charge on any atom is -0.190 e. The largest absolute Gasteiger partial charge is 0.190 e. The zero-order valence-corrected chi connectivity index (χ0v) is 12.5. The topological polar surface area (TPSA) is 24.7 Å². The van der Waals surface area contributed by atoms with Gasteiger partial charge in [-0.2, -0.15) is 10.2 Å². The van der Waals surface area contributed by atoms with E-state index in [0.717, 1.165) is 0 Å². The van der Waals surface area contributed by atoms with Crippen molar-refractivity contribution in [1.82, 2.24) is 0 Å². The summed E-state index contributed by atoms with van der Waals surface area (Å²) in [6.45, 7) is 7.04. The number of nitrogens with zero attached hydrogens (tertiary/aromatic N) is 2. The molecule has 0 spiro atoms. The van der Waals surface area contributed by atoms with Crippen LogP contribution in [0, 0.1) is 5.41 Å². The summed E-state index contributed by atoms with van der Waals surface area (Å²) in [4.78, 5) is 0. The molecular formula is C16H30N2. The van der Waals surface area contributed by atoms with Gasteiger partial charge in [-0.3, -0.25) is 0 Å². The Bertz CT molecular complexity index is 276. The fraction of sp³-hybridized carbons (Fsp3) is 1.00. The lowest BCUT2D eigenvalue weighted by Crippen LogP contribution is -2.42. The first-order valence-electron chi connectivity index (χ1n) is 7.96. The molecule has 0 aromatic rings. The molecule has 0 N–H and O–H groups in total. The van der Waals surface area contributed by atoms with Gasteiger partial charge >= 0.3 is 0 Å². The first-order chi connectivity index (χ1) is 8.54. The van der Waals surface area contributed by atoms with Crippen LogP contribution in [0.15, 0.2) is 10.2 Å². The first-order valence-corrected chi connectivity index (χ1v) is 7.96. The van der Waals surface area contributed by atoms with Gasteiger partial charge in [-0.25, -0.2) is 0 Å². The highest BCUT2D eigenvalue weighted by molar-refractivity contribution is 4.99. The standard InChI is InChI=1S/C16H30N2/c1-15(2,3)16(12-8-5-9-13-16)18-17-14-10-6-4-7-11-14/h14H,4-13H2,1-3H3. The molecular weight excluding hydrogens is 220 g/mol. The van der Waals surface area contributed by atoms with Crippen LogP contribution in [0.3, 0.4) is 0 Å². The van der Waals surface area contributed by atoms with E-state index in [4.69, 9.17) is 10.2 Å². The van der Waals surface area contributed by atoms with Crippen molar-refractivity contribution in [3.05, 3.63) is 0 Å². The minimum atomic E-state index is 0.128. The molecule has 2 saturated carbocycles. The van der Waals surface area contributed by atoms with Gasteiger partial charge in [0.05, 0.1) is 11.6 Å². The van der Waals surface area contributed by atoms with Gasteiger partial charge in [-0.05, 0) is 31.1 Å². The number of azo groups is 1. The summed E-state index contributed by atoms with van der Waals surface area (Å²) >= 11 is 0. The molecule has 0 radical (unpaired) electrons. The lowest BCUT2D eigenvalue weighted by atomic mass is 9.66. The van der Waals surface area contributed by atoms with Gasteiger partial charge in [0.1, 0.15) is 0 Å². The van der Waals surface area contributed by atoms with Crippen LogP contribution in [0.4, 0.5) is 0 Å². The summed E-state index contributed by atoms with van der Waals surface area (Å²) in [7, 11) is 0. The van der Waals surface area contributed by atoms with Gasteiger partial charge in [0.2, 0.25) is 0 Å². The Morgan fingerprint density at radius 2 is 1.39 bits per heavy atom. The zero-order chi connectivity index (χ0) is 13.1. The smallest absolute Gasteiger partial charge is 0.0864 e. The fourth-order valence-corrected chi connectivity index (χ4v) is 3.53. The third-order valence-corrected chi connectivity index (χ3v) is 5.06. The fourth-order valence-electron chi connectivity index (χ4n) is 3.53. The van der Waals surface area contributed by atoms with Crippen molar-refractivity contribution >= 4 is 0 Å². The van der Waals surface area contributed by atoms with E-state index in [1.54, 1.807) is 0 Å². The maximum atomic E-state index is 4.93. The Morgan fingerprint density at radius 3 is 1.94 bits per heavy atom. The molecule has 2 aliphatic carbocycles. The van der Waals surface area contributed by atoms with Crippen molar-refractivity contribution in [1.29, 1.82) is 0 Å². The van der Waals surface area contributed by atoms with E-state index in [1.807, 2.05) is 0 Å². The molecule has 2 heteroatoms. The van der Waals surface area contributed by atoms with E-state index in [9.17, 15) is 0 Å². The van der Waals surface area contributed by atoms with Gasteiger partial charge < -0.3 is 0 Å². The second-order valence-corrected chi connectivity index (χ2v) is 7.35. The molecule has 2 rings (SSSR count). The predicted octanol–water partition coefficient (Wildman–Crippen LogP) is 5.52. The van der Waals surface area contributed by atoms with E-state index in [0.29, 0.717) is 6.04 Å². The van der Waals surface area contributed by atoms with Crippen LogP contribution in [0.25, 0.3) is 0 Å². The van der Waals surface area contributed by atoms with E-state index in [1.165, 1.54) is 64.2 Å². The molecule has 2 fully saturated rings. The molecule has 2 nitrogen and oxygen atoms in total. The van der Waals surface area contributed by atoms with Crippen molar-refractivity contribution in [2.45, 2.75) is 96.6 Å². The maximum absolute atomic E-state index is 4.93. The van der Waals surface area contributed by atoms with Gasteiger partial charge in [0.25, 0.3) is 0 Å². The van der Waals surface area contributed by atoms with E-state index in [2.05, 4.69) is 20.8 Å². The molecule has 18 heavy (non-hydrogen) atoms. The van der Waals surface area contributed by atoms with Gasteiger partial charge in [-0.1, -0.05) is 59.3 Å². The summed E-state index contributed by atoms with van der Waals surface area (Å²) in [5, 5.41) is 9.71. The van der Waals surface area contributed by atoms with Crippen LogP contribution in [0.2, 0.25) is 0 Å². The van der Waals surface area contributed by atoms with Crippen molar-refractivity contribution in [2.75, 3.05) is 0 Å². The summed E-state index contributed by atoms with van der Waals surface area (Å²) in [5.74, 6) is 0. The molecule has 0 aliphatic heterocycles. The molecule has 0 amide bonds. The predicted molar refractivity (Wildman–Crippen MR) is 77.0 cm³/mol. The third-order valence-electron chi connectivity index (χ3n) is 5.06. The van der Waals surface area contributed by atoms with Crippen molar-refractivity contribution in [2.24, 2.45) is 15.6 Å². The second kappa shape index (κ2) is 5.71. The molecule has 0 saturated heterocycles. The molecule has 0 bridgehead atoms. The number of rotatable bonds is 2. The van der Waals surface area contributed by atoms with E-state index >= 15 is 0 Å². The lowest BCUT2D eigenvalue weighted by Gasteiger charge is -2.43. The molecule has 2 aliphatic rings. The molecule has 0 heterocycles. The Labute approximate surface area is 113 Å². The summed E-state index contributed by atoms with van der Waals surface area (Å²) in [6.07, 6.45) is 13.2. The van der Waals surface area contributed by atoms with E-state index < -0.39 is 0 Å². The quantitative estimate of drug-likeness (QED) is 0.576. The van der Waals surface area contributed by atoms with Gasteiger partial charge in [0, 0.05) is 0 Å². The minimum absolute atomic E-state index is 0.128. The zero-order valence-electron chi connectivity index (χ0n) is 12.5. The van der Waals surface area contributed by atoms with Gasteiger partial charge in [-0.15, -0.1) is 0 Å². The van der Waals surface area contributed by atoms with Crippen LogP contribution in [-0.2, 0) is 0 Å². The third kappa shape index (κ3) is 3.13. The molecule has 0 atom stereocenters. The van der Waals surface area contributed by atoms with Gasteiger partial charge in [0.15, 0.2) is 0 Å². The average Bonchev–Trinajstić information content (AvgIpc) is 2.37. The maximum Gasteiger partial charge on any atom is 0.0864 e. The SMILES string of the molecule is CC(C)(C)C1(N=NC2CCCCC2)CCCCC1. The normalized spacial score (nSPS) is 26.6. The summed E-state index contributed by atoms with van der Waals surface area (Å²) < 4.78 is 0. The molecule has 104 valence electrons. The van der Waals surface area contributed by atoms with Crippen LogP contribution in [0.5, 0.6) is 0 Å². The van der Waals surface area contributed by atoms with Crippen LogP contribution < -0.4 is 0 Å². The summed E-state index contributed by atoms with van der Waals surface area (Å²) in [5.41, 5.74) is 0.383. The summed E-state index contributed by atoms with van der Waals surface area (Å²) in [6, 6.07) is 0.528. The second-order valence-electron chi connectivity index (χ2n) is 7.35. The Kier molecular flexibility index (Phi) is 4.45. The number of hydrogen-bond acceptors (Lipinski definition) is 2. The highest BCUT2D eigenvalue weighted by Crippen LogP contribution is 2.45. The van der Waals surface area contributed by atoms with Crippen LogP contribution in [0.1, 0.15) is 85.0 Å². The van der Waals surface area contributed by atoms with Crippen molar-refractivity contribution in [3.63, 3.8) is 0 Å².